The number of unbranched alkanes of at least 4 members (excludes halogenated alkanes) is 1. The lowest BCUT2D eigenvalue weighted by Gasteiger charge is -2.47. The molecule has 0 bridgehead atoms. The molecule has 0 aromatic rings. The molecular formula is C11H18BrNO2. The Kier molecular flexibility index (Phi) is 3.36. The second-order valence-corrected chi connectivity index (χ2v) is 5.57. The molecule has 0 radical (unpaired) electrons. The number of hydrogen-bond donors (Lipinski definition) is 1. The largest absolute Gasteiger partial charge is 0.386 e. The summed E-state index contributed by atoms with van der Waals surface area (Å²) in [6.45, 7) is 1.15. The van der Waals surface area contributed by atoms with Gasteiger partial charge in [-0.3, -0.25) is 4.79 Å². The quantitative estimate of drug-likeness (QED) is 0.611. The van der Waals surface area contributed by atoms with Gasteiger partial charge >= 0.3 is 0 Å². The van der Waals surface area contributed by atoms with E-state index in [-0.39, 0.29) is 5.91 Å². The lowest BCUT2D eigenvalue weighted by atomic mass is 9.88. The lowest BCUT2D eigenvalue weighted by Crippen LogP contribution is -2.64. The van der Waals surface area contributed by atoms with Crippen molar-refractivity contribution in [2.45, 2.75) is 37.7 Å². The van der Waals surface area contributed by atoms with E-state index in [0.29, 0.717) is 25.4 Å². The topological polar surface area (TPSA) is 40.5 Å². The van der Waals surface area contributed by atoms with Crippen molar-refractivity contribution in [2.24, 2.45) is 5.92 Å². The summed E-state index contributed by atoms with van der Waals surface area (Å²) >= 11 is 3.35. The third kappa shape index (κ3) is 2.53. The van der Waals surface area contributed by atoms with Crippen molar-refractivity contribution in [1.29, 1.82) is 0 Å². The highest BCUT2D eigenvalue weighted by molar-refractivity contribution is 9.09. The molecule has 0 spiro atoms. The van der Waals surface area contributed by atoms with Gasteiger partial charge in [-0.15, -0.1) is 0 Å². The molecule has 0 unspecified atom stereocenters. The first-order valence-electron chi connectivity index (χ1n) is 5.72. The second kappa shape index (κ2) is 4.42. The smallest absolute Gasteiger partial charge is 0.222 e. The molecule has 1 heterocycles. The van der Waals surface area contributed by atoms with Crippen molar-refractivity contribution < 1.29 is 9.90 Å². The second-order valence-electron chi connectivity index (χ2n) is 4.77. The fourth-order valence-corrected chi connectivity index (χ4v) is 2.60. The van der Waals surface area contributed by atoms with Crippen LogP contribution in [0, 0.1) is 5.92 Å². The zero-order chi connectivity index (χ0) is 10.9. The molecule has 0 atom stereocenters. The number of aliphatic hydroxyl groups is 1. The summed E-state index contributed by atoms with van der Waals surface area (Å²) in [6.07, 6.45) is 4.91. The van der Waals surface area contributed by atoms with Crippen LogP contribution in [0.4, 0.5) is 0 Å². The van der Waals surface area contributed by atoms with Gasteiger partial charge in [-0.2, -0.15) is 0 Å². The predicted octanol–water partition coefficient (Wildman–Crippen LogP) is 1.53. The highest BCUT2D eigenvalue weighted by Crippen LogP contribution is 2.44. The van der Waals surface area contributed by atoms with E-state index in [9.17, 15) is 9.90 Å². The number of carbonyl (C=O) groups excluding carboxylic acids is 1. The zero-order valence-electron chi connectivity index (χ0n) is 8.91. The molecule has 2 rings (SSSR count). The monoisotopic (exact) mass is 275 g/mol. The van der Waals surface area contributed by atoms with Gasteiger partial charge in [-0.05, 0) is 31.6 Å². The molecule has 1 saturated heterocycles. The highest BCUT2D eigenvalue weighted by Gasteiger charge is 2.52. The third-order valence-corrected chi connectivity index (χ3v) is 3.95. The van der Waals surface area contributed by atoms with E-state index in [1.165, 1.54) is 0 Å². The van der Waals surface area contributed by atoms with Crippen molar-refractivity contribution in [1.82, 2.24) is 4.90 Å². The summed E-state index contributed by atoms with van der Waals surface area (Å²) in [5.41, 5.74) is -0.523. The Morgan fingerprint density at radius 1 is 1.40 bits per heavy atom. The lowest BCUT2D eigenvalue weighted by molar-refractivity contribution is -0.159. The van der Waals surface area contributed by atoms with Gasteiger partial charge in [0.15, 0.2) is 0 Å². The predicted molar refractivity (Wildman–Crippen MR) is 61.9 cm³/mol. The molecule has 2 aliphatic rings. The molecule has 1 aliphatic heterocycles. The van der Waals surface area contributed by atoms with Crippen LogP contribution in [-0.4, -0.2) is 39.9 Å². The van der Waals surface area contributed by atoms with Gasteiger partial charge in [0.25, 0.3) is 0 Å². The van der Waals surface area contributed by atoms with Crippen LogP contribution in [0.25, 0.3) is 0 Å². The van der Waals surface area contributed by atoms with Crippen LogP contribution >= 0.6 is 15.9 Å². The summed E-state index contributed by atoms with van der Waals surface area (Å²) in [5, 5.41) is 11.0. The number of rotatable bonds is 5. The summed E-state index contributed by atoms with van der Waals surface area (Å²) in [6, 6.07) is 0. The first-order chi connectivity index (χ1) is 7.15. The number of amides is 1. The average Bonchev–Trinajstić information content (AvgIpc) is 2.96. The van der Waals surface area contributed by atoms with Crippen LogP contribution < -0.4 is 0 Å². The Labute approximate surface area is 99.0 Å². The average molecular weight is 276 g/mol. The maximum Gasteiger partial charge on any atom is 0.222 e. The van der Waals surface area contributed by atoms with Crippen LogP contribution in [0.15, 0.2) is 0 Å². The van der Waals surface area contributed by atoms with E-state index in [4.69, 9.17) is 0 Å². The van der Waals surface area contributed by atoms with Crippen LogP contribution in [0.1, 0.15) is 32.1 Å². The van der Waals surface area contributed by atoms with E-state index >= 15 is 0 Å². The number of nitrogens with zero attached hydrogens (tertiary/aromatic N) is 1. The molecule has 4 heteroatoms. The van der Waals surface area contributed by atoms with Gasteiger partial charge < -0.3 is 10.0 Å². The zero-order valence-corrected chi connectivity index (χ0v) is 10.5. The maximum absolute atomic E-state index is 11.6. The summed E-state index contributed by atoms with van der Waals surface area (Å²) in [4.78, 5) is 13.4. The Morgan fingerprint density at radius 3 is 2.60 bits per heavy atom. The van der Waals surface area contributed by atoms with Crippen LogP contribution in [0.5, 0.6) is 0 Å². The highest BCUT2D eigenvalue weighted by atomic mass is 79.9. The van der Waals surface area contributed by atoms with Crippen molar-refractivity contribution in [2.75, 3.05) is 18.4 Å². The number of alkyl halides is 1. The normalized spacial score (nSPS) is 23.7. The molecule has 0 aromatic heterocycles. The molecule has 1 aliphatic carbocycles. The van der Waals surface area contributed by atoms with E-state index in [1.54, 1.807) is 4.90 Å². The Morgan fingerprint density at radius 2 is 2.07 bits per heavy atom. The van der Waals surface area contributed by atoms with Crippen molar-refractivity contribution in [3.8, 4) is 0 Å². The first-order valence-corrected chi connectivity index (χ1v) is 6.84. The summed E-state index contributed by atoms with van der Waals surface area (Å²) in [5.74, 6) is 0.686. The van der Waals surface area contributed by atoms with E-state index in [1.807, 2.05) is 0 Å². The molecule has 1 saturated carbocycles. The van der Waals surface area contributed by atoms with Gasteiger partial charge in [0.05, 0.1) is 13.1 Å². The van der Waals surface area contributed by atoms with E-state index < -0.39 is 5.60 Å². The fraction of sp³-hybridized carbons (Fsp3) is 0.909. The van der Waals surface area contributed by atoms with Crippen molar-refractivity contribution >= 4 is 21.8 Å². The summed E-state index contributed by atoms with van der Waals surface area (Å²) in [7, 11) is 0. The van der Waals surface area contributed by atoms with Gasteiger partial charge in [-0.25, -0.2) is 0 Å². The van der Waals surface area contributed by atoms with Crippen LogP contribution in [0.2, 0.25) is 0 Å². The van der Waals surface area contributed by atoms with Crippen molar-refractivity contribution in [3.05, 3.63) is 0 Å². The Hall–Kier alpha value is -0.0900. The minimum absolute atomic E-state index is 0.210. The molecule has 15 heavy (non-hydrogen) atoms. The Bertz CT molecular complexity index is 247. The minimum Gasteiger partial charge on any atom is -0.386 e. The minimum atomic E-state index is -0.523. The van der Waals surface area contributed by atoms with Crippen molar-refractivity contribution in [3.63, 3.8) is 0 Å². The Balaban J connectivity index is 1.67. The number of likely N-dealkylation sites (tertiary alicyclic amines) is 1. The number of hydrogen-bond acceptors (Lipinski definition) is 2. The summed E-state index contributed by atoms with van der Waals surface area (Å²) < 4.78 is 0. The molecule has 1 amide bonds. The SMILES string of the molecule is O=C(CCCCBr)N1CC(O)(C2CC2)C1. The van der Waals surface area contributed by atoms with E-state index in [2.05, 4.69) is 15.9 Å². The molecule has 1 N–H and O–H groups in total. The first kappa shape index (κ1) is 11.4. The van der Waals surface area contributed by atoms with Gasteiger partial charge in [-0.1, -0.05) is 15.9 Å². The van der Waals surface area contributed by atoms with Crippen LogP contribution in [-0.2, 0) is 4.79 Å². The molecule has 0 aromatic carbocycles. The third-order valence-electron chi connectivity index (χ3n) is 3.39. The number of halogens is 1. The molecular weight excluding hydrogens is 258 g/mol. The molecule has 2 fully saturated rings. The fourth-order valence-electron chi connectivity index (χ4n) is 2.20. The van der Waals surface area contributed by atoms with Gasteiger partial charge in [0.2, 0.25) is 5.91 Å². The van der Waals surface area contributed by atoms with Gasteiger partial charge in [0.1, 0.15) is 5.60 Å². The van der Waals surface area contributed by atoms with Crippen LogP contribution in [0.3, 0.4) is 0 Å². The number of β-amino-alcohol motifs (C(OH)–C–C–N with tert-alkyl or cyclic N) is 1. The number of carbonyl (C=O) groups is 1. The van der Waals surface area contributed by atoms with E-state index in [0.717, 1.165) is 31.0 Å². The maximum atomic E-state index is 11.6. The molecule has 3 nitrogen and oxygen atoms in total. The van der Waals surface area contributed by atoms with Gasteiger partial charge in [0, 0.05) is 11.8 Å². The molecule has 86 valence electrons. The standard InChI is InChI=1S/C11H18BrNO2/c12-6-2-1-3-10(14)13-7-11(15,8-13)9-4-5-9/h9,15H,1-8H2.